The van der Waals surface area contributed by atoms with Gasteiger partial charge in [0.15, 0.2) is 5.78 Å². The van der Waals surface area contributed by atoms with Gasteiger partial charge in [-0.2, -0.15) is 0 Å². The van der Waals surface area contributed by atoms with Crippen molar-refractivity contribution in [3.05, 3.63) is 155 Å². The molecule has 0 aliphatic heterocycles. The summed E-state index contributed by atoms with van der Waals surface area (Å²) in [5.74, 6) is 2.42. The molecule has 1 N–H and O–H groups in total. The molecule has 3 heterocycles. The Balaban J connectivity index is 0.000000168. The number of para-hydroxylation sites is 1. The number of fused-ring (bicyclic) bond motifs is 5. The molecule has 2 fully saturated rings. The quantitative estimate of drug-likeness (QED) is 0.0749. The van der Waals surface area contributed by atoms with Crippen LogP contribution in [0.25, 0.3) is 66.0 Å². The van der Waals surface area contributed by atoms with Crippen molar-refractivity contribution < 1.29 is 34.4 Å². The molecule has 0 bridgehead atoms. The second-order valence-electron chi connectivity index (χ2n) is 20.5. The molecule has 6 heteroatoms. The van der Waals surface area contributed by atoms with Gasteiger partial charge in [-0.05, 0) is 131 Å². The van der Waals surface area contributed by atoms with Crippen LogP contribution < -0.4 is 0 Å². The van der Waals surface area contributed by atoms with Crippen molar-refractivity contribution in [1.29, 1.82) is 0 Å². The van der Waals surface area contributed by atoms with Gasteiger partial charge in [-0.1, -0.05) is 154 Å². The van der Waals surface area contributed by atoms with Crippen molar-refractivity contribution in [3.63, 3.8) is 0 Å². The number of pyridine rings is 2. The number of aromatic nitrogens is 2. The van der Waals surface area contributed by atoms with E-state index in [1.165, 1.54) is 107 Å². The van der Waals surface area contributed by atoms with E-state index >= 15 is 0 Å². The summed E-state index contributed by atoms with van der Waals surface area (Å²) in [6.07, 6.45) is 19.7. The van der Waals surface area contributed by atoms with Gasteiger partial charge in [0.2, 0.25) is 0 Å². The number of aliphatic hydroxyl groups is 1. The molecule has 71 heavy (non-hydrogen) atoms. The SMILES string of the molecule is CCC(CC)C(=O)/C=C(\O)C(CC)CC.Cc1[c-]c(-c2ncc(C(C)C)c3cc(C4CCCC4)ccc23)c2oc3ccccc3c2c1.Cc1[c-]c(-c2nccc3cc(C4CCCC4)ccc23)cc(C)c1.[Ir]. The average molecular weight is 1120 g/mol. The summed E-state index contributed by atoms with van der Waals surface area (Å²) in [5, 5.41) is 17.1. The van der Waals surface area contributed by atoms with Crippen LogP contribution in [0.5, 0.6) is 0 Å². The van der Waals surface area contributed by atoms with Gasteiger partial charge in [-0.3, -0.25) is 4.79 Å². The molecule has 0 saturated heterocycles. The van der Waals surface area contributed by atoms with Crippen LogP contribution in [0, 0.1) is 44.7 Å². The number of benzene rings is 5. The van der Waals surface area contributed by atoms with Gasteiger partial charge in [0.1, 0.15) is 5.58 Å². The minimum absolute atomic E-state index is 0. The number of nitrogens with zero attached hydrogens (tertiary/aromatic N) is 2. The van der Waals surface area contributed by atoms with E-state index in [-0.39, 0.29) is 43.5 Å². The fraction of sp³-hybridized carbons (Fsp3) is 0.400. The zero-order valence-corrected chi connectivity index (χ0v) is 46.1. The standard InChI is InChI=1S/C30H28NO.C22H22N.C13H24O2.Ir/c1-18(2)27-17-31-29(23-13-12-21(16-24(23)27)20-8-4-5-9-20)26-15-19(3)14-25-22-10-6-7-11-28(22)32-30(25)26;1-15-11-16(2)13-20(12-15)22-21-8-7-18(17-5-3-4-6-17)14-19(21)9-10-23-22;1-5-10(6-2)12(14)9-13(15)11(7-3)8-4;/h6-7,10-14,16-18,20H,4-5,8-9H2,1-3H3;7-12,14,17H,3-6H2,1-2H3;9-11,14H,5-8H2,1-4H3;/q2*-1;;/b;;12-9-;. The largest absolute Gasteiger partial charge is 0.512 e. The molecule has 5 aromatic carbocycles. The van der Waals surface area contributed by atoms with Crippen molar-refractivity contribution in [1.82, 2.24) is 9.97 Å². The van der Waals surface area contributed by atoms with Gasteiger partial charge in [-0.25, -0.2) is 0 Å². The number of furan rings is 1. The molecule has 0 unspecified atom stereocenters. The van der Waals surface area contributed by atoms with Crippen molar-refractivity contribution in [2.75, 3.05) is 0 Å². The monoisotopic (exact) mass is 1120 g/mol. The maximum absolute atomic E-state index is 11.7. The third kappa shape index (κ3) is 12.1. The van der Waals surface area contributed by atoms with Gasteiger partial charge in [0.05, 0.1) is 11.3 Å². The number of carbonyl (C=O) groups excluding carboxylic acids is 1. The molecular formula is C65H74IrN2O3-2. The van der Waals surface area contributed by atoms with E-state index in [1.54, 1.807) is 0 Å². The zero-order valence-electron chi connectivity index (χ0n) is 43.7. The molecule has 2 aliphatic carbocycles. The maximum atomic E-state index is 11.7. The Morgan fingerprint density at radius 2 is 1.30 bits per heavy atom. The summed E-state index contributed by atoms with van der Waals surface area (Å²) in [4.78, 5) is 21.4. The van der Waals surface area contributed by atoms with Crippen LogP contribution in [0.4, 0.5) is 0 Å². The topological polar surface area (TPSA) is 76.2 Å². The first-order chi connectivity index (χ1) is 33.9. The Kier molecular flexibility index (Phi) is 18.3. The van der Waals surface area contributed by atoms with Crippen LogP contribution in [-0.4, -0.2) is 20.9 Å². The summed E-state index contributed by atoms with van der Waals surface area (Å²) < 4.78 is 6.35. The summed E-state index contributed by atoms with van der Waals surface area (Å²) >= 11 is 0. The van der Waals surface area contributed by atoms with Crippen molar-refractivity contribution >= 4 is 49.3 Å². The smallest absolute Gasteiger partial charge is 0.162 e. The number of hydrogen-bond acceptors (Lipinski definition) is 5. The predicted octanol–water partition coefficient (Wildman–Crippen LogP) is 18.5. The molecule has 0 amide bonds. The number of hydrogen-bond donors (Lipinski definition) is 1. The number of aryl methyl sites for hydroxylation is 3. The predicted molar refractivity (Wildman–Crippen MR) is 294 cm³/mol. The first-order valence-electron chi connectivity index (χ1n) is 26.5. The maximum Gasteiger partial charge on any atom is 0.162 e. The number of rotatable bonds is 12. The van der Waals surface area contributed by atoms with Crippen LogP contribution >= 0.6 is 0 Å². The molecular weight excluding hydrogens is 1050 g/mol. The summed E-state index contributed by atoms with van der Waals surface area (Å²) in [6, 6.07) is 38.0. The molecule has 0 atom stereocenters. The molecule has 2 saturated carbocycles. The Hall–Kier alpha value is -5.42. The van der Waals surface area contributed by atoms with Gasteiger partial charge in [-0.15, -0.1) is 52.6 Å². The molecule has 1 radical (unpaired) electrons. The van der Waals surface area contributed by atoms with Gasteiger partial charge in [0.25, 0.3) is 0 Å². The van der Waals surface area contributed by atoms with Crippen molar-refractivity contribution in [2.24, 2.45) is 11.8 Å². The normalized spacial score (nSPS) is 14.4. The third-order valence-corrected chi connectivity index (χ3v) is 15.3. The Morgan fingerprint density at radius 3 is 1.93 bits per heavy atom. The molecule has 3 aromatic heterocycles. The number of ketones is 1. The van der Waals surface area contributed by atoms with E-state index in [9.17, 15) is 9.90 Å². The van der Waals surface area contributed by atoms with E-state index in [2.05, 4.69) is 131 Å². The molecule has 5 nitrogen and oxygen atoms in total. The van der Waals surface area contributed by atoms with Crippen molar-refractivity contribution in [2.45, 2.75) is 157 Å². The molecule has 373 valence electrons. The van der Waals surface area contributed by atoms with Crippen LogP contribution in [0.2, 0.25) is 0 Å². The Morgan fingerprint density at radius 1 is 0.676 bits per heavy atom. The number of aliphatic hydroxyl groups excluding tert-OH is 1. The Bertz CT molecular complexity index is 3100. The average Bonchev–Trinajstić information content (AvgIpc) is 4.17. The van der Waals surface area contributed by atoms with E-state index in [0.29, 0.717) is 11.8 Å². The molecule has 8 aromatic rings. The second kappa shape index (κ2) is 24.3. The third-order valence-electron chi connectivity index (χ3n) is 15.3. The van der Waals surface area contributed by atoms with Crippen LogP contribution in [-0.2, 0) is 24.9 Å². The van der Waals surface area contributed by atoms with Crippen molar-refractivity contribution in [3.8, 4) is 22.5 Å². The van der Waals surface area contributed by atoms with E-state index in [1.807, 2.05) is 46.0 Å². The first-order valence-corrected chi connectivity index (χ1v) is 26.5. The fourth-order valence-electron chi connectivity index (χ4n) is 11.2. The minimum Gasteiger partial charge on any atom is -0.512 e. The summed E-state index contributed by atoms with van der Waals surface area (Å²) in [6.45, 7) is 18.9. The molecule has 0 spiro atoms. The number of carbonyl (C=O) groups is 1. The van der Waals surface area contributed by atoms with Gasteiger partial charge < -0.3 is 19.5 Å². The number of allylic oxidation sites excluding steroid dienone is 2. The summed E-state index contributed by atoms with van der Waals surface area (Å²) in [7, 11) is 0. The minimum atomic E-state index is 0. The van der Waals surface area contributed by atoms with E-state index in [4.69, 9.17) is 9.40 Å². The van der Waals surface area contributed by atoms with Crippen LogP contribution in [0.1, 0.15) is 170 Å². The van der Waals surface area contributed by atoms with Crippen LogP contribution in [0.15, 0.2) is 114 Å². The molecule has 2 aliphatic rings. The summed E-state index contributed by atoms with van der Waals surface area (Å²) in [5.41, 5.74) is 13.7. The zero-order chi connectivity index (χ0) is 49.5. The molecule has 10 rings (SSSR count). The second-order valence-corrected chi connectivity index (χ2v) is 20.5. The van der Waals surface area contributed by atoms with Gasteiger partial charge in [0, 0.05) is 55.8 Å². The first kappa shape index (κ1) is 53.4. The van der Waals surface area contributed by atoms with E-state index < -0.39 is 0 Å². The van der Waals surface area contributed by atoms with E-state index in [0.717, 1.165) is 81.6 Å². The van der Waals surface area contributed by atoms with Gasteiger partial charge >= 0.3 is 0 Å². The Labute approximate surface area is 437 Å². The van der Waals surface area contributed by atoms with Crippen LogP contribution in [0.3, 0.4) is 0 Å². The fourth-order valence-corrected chi connectivity index (χ4v) is 11.2.